The van der Waals surface area contributed by atoms with Crippen LogP contribution < -0.4 is 11.0 Å². The highest BCUT2D eigenvalue weighted by atomic mass is 16.5. The topological polar surface area (TPSA) is 95.0 Å². The highest BCUT2D eigenvalue weighted by Crippen LogP contribution is 2.13. The van der Waals surface area contributed by atoms with Gasteiger partial charge in [-0.25, -0.2) is 9.78 Å². The summed E-state index contributed by atoms with van der Waals surface area (Å²) in [4.78, 5) is 48.6. The Bertz CT molecular complexity index is 1550. The van der Waals surface area contributed by atoms with Gasteiger partial charge in [0, 0.05) is 18.3 Å². The molecule has 0 spiro atoms. The third kappa shape index (κ3) is 4.91. The average Bonchev–Trinajstić information content (AvgIpc) is 2.85. The molecule has 0 saturated heterocycles. The molecule has 180 valence electrons. The van der Waals surface area contributed by atoms with Crippen molar-refractivity contribution in [2.45, 2.75) is 46.6 Å². The summed E-state index contributed by atoms with van der Waals surface area (Å²) >= 11 is 0. The van der Waals surface area contributed by atoms with Crippen LogP contribution in [0.3, 0.4) is 0 Å². The summed E-state index contributed by atoms with van der Waals surface area (Å²) in [6.07, 6.45) is 4.30. The van der Waals surface area contributed by atoms with E-state index in [1.165, 1.54) is 10.5 Å². The summed E-state index contributed by atoms with van der Waals surface area (Å²) in [6.45, 7) is 6.26. The number of esters is 1. The molecule has 1 amide bonds. The number of ether oxygens (including phenoxy) is 1. The summed E-state index contributed by atoms with van der Waals surface area (Å²) in [5.74, 6) is -1.13. The SMILES string of the molecule is CCCCCn1c(=NC(=O)c2cccc(C)c2)c(C(=O)OCC)cc2c(=O)n3ccccc3nc21. The van der Waals surface area contributed by atoms with Gasteiger partial charge >= 0.3 is 5.97 Å². The number of aryl methyl sites for hydroxylation is 2. The molecule has 0 aliphatic carbocycles. The van der Waals surface area contributed by atoms with Crippen molar-refractivity contribution >= 4 is 28.6 Å². The van der Waals surface area contributed by atoms with E-state index in [0.29, 0.717) is 23.4 Å². The molecule has 0 atom stereocenters. The van der Waals surface area contributed by atoms with Gasteiger partial charge in [-0.15, -0.1) is 0 Å². The first-order chi connectivity index (χ1) is 16.9. The first-order valence-electron chi connectivity index (χ1n) is 11.8. The molecule has 1 aromatic carbocycles. The summed E-state index contributed by atoms with van der Waals surface area (Å²) in [5.41, 5.74) is 2.07. The van der Waals surface area contributed by atoms with Gasteiger partial charge in [-0.2, -0.15) is 4.99 Å². The number of amides is 1. The lowest BCUT2D eigenvalue weighted by atomic mass is 10.1. The summed E-state index contributed by atoms with van der Waals surface area (Å²) in [6, 6.07) is 13.8. The predicted octanol–water partition coefficient (Wildman–Crippen LogP) is 4.07. The number of pyridine rings is 2. The predicted molar refractivity (Wildman–Crippen MR) is 134 cm³/mol. The van der Waals surface area contributed by atoms with E-state index in [4.69, 9.17) is 9.72 Å². The minimum absolute atomic E-state index is 0.0617. The van der Waals surface area contributed by atoms with Crippen LogP contribution in [0.4, 0.5) is 0 Å². The van der Waals surface area contributed by atoms with Crippen molar-refractivity contribution in [3.63, 3.8) is 0 Å². The third-order valence-electron chi connectivity index (χ3n) is 5.74. The molecule has 8 heteroatoms. The second-order valence-electron chi connectivity index (χ2n) is 8.33. The van der Waals surface area contributed by atoms with E-state index >= 15 is 0 Å². The molecule has 0 aliphatic heterocycles. The number of carbonyl (C=O) groups is 2. The van der Waals surface area contributed by atoms with Crippen LogP contribution in [0.2, 0.25) is 0 Å². The number of aromatic nitrogens is 3. The van der Waals surface area contributed by atoms with Crippen LogP contribution in [0.15, 0.2) is 64.5 Å². The fourth-order valence-electron chi connectivity index (χ4n) is 4.03. The van der Waals surface area contributed by atoms with E-state index < -0.39 is 11.9 Å². The molecule has 0 unspecified atom stereocenters. The fourth-order valence-corrected chi connectivity index (χ4v) is 4.03. The Morgan fingerprint density at radius 2 is 1.89 bits per heavy atom. The van der Waals surface area contributed by atoms with Crippen molar-refractivity contribution in [3.05, 3.63) is 87.3 Å². The maximum atomic E-state index is 13.4. The van der Waals surface area contributed by atoms with Crippen LogP contribution >= 0.6 is 0 Å². The van der Waals surface area contributed by atoms with Gasteiger partial charge in [-0.3, -0.25) is 14.0 Å². The van der Waals surface area contributed by atoms with Gasteiger partial charge in [-0.05, 0) is 50.6 Å². The van der Waals surface area contributed by atoms with Crippen molar-refractivity contribution in [2.75, 3.05) is 6.61 Å². The summed E-state index contributed by atoms with van der Waals surface area (Å²) < 4.78 is 8.42. The van der Waals surface area contributed by atoms with Crippen LogP contribution in [-0.4, -0.2) is 32.4 Å². The number of nitrogens with zero attached hydrogens (tertiary/aromatic N) is 4. The van der Waals surface area contributed by atoms with Crippen LogP contribution in [0.1, 0.15) is 59.4 Å². The van der Waals surface area contributed by atoms with Gasteiger partial charge in [0.05, 0.1) is 12.0 Å². The second-order valence-corrected chi connectivity index (χ2v) is 8.33. The molecule has 3 aromatic heterocycles. The first-order valence-corrected chi connectivity index (χ1v) is 11.8. The van der Waals surface area contributed by atoms with Gasteiger partial charge in [0.15, 0.2) is 5.49 Å². The molecule has 8 nitrogen and oxygen atoms in total. The van der Waals surface area contributed by atoms with Gasteiger partial charge in [0.2, 0.25) is 0 Å². The minimum atomic E-state index is -0.646. The molecule has 3 heterocycles. The van der Waals surface area contributed by atoms with E-state index in [1.807, 2.05) is 13.0 Å². The van der Waals surface area contributed by atoms with Crippen molar-refractivity contribution < 1.29 is 14.3 Å². The maximum Gasteiger partial charge on any atom is 0.341 e. The standard InChI is InChI=1S/C27H28N4O4/c1-4-6-8-15-31-23-20(26(33)30-14-9-7-13-22(30)28-23)17-21(27(34)35-5-2)24(31)29-25(32)19-12-10-11-18(3)16-19/h7,9-14,16-17H,4-6,8,15H2,1-3H3. The van der Waals surface area contributed by atoms with E-state index in [2.05, 4.69) is 11.9 Å². The first kappa shape index (κ1) is 24.1. The molecule has 4 aromatic rings. The van der Waals surface area contributed by atoms with E-state index in [-0.39, 0.29) is 28.6 Å². The molecule has 0 saturated carbocycles. The Balaban J connectivity index is 2.09. The van der Waals surface area contributed by atoms with Gasteiger partial charge in [0.1, 0.15) is 16.9 Å². The molecule has 0 bridgehead atoms. The van der Waals surface area contributed by atoms with Gasteiger partial charge in [0.25, 0.3) is 11.5 Å². The Morgan fingerprint density at radius 3 is 2.63 bits per heavy atom. The molecular weight excluding hydrogens is 444 g/mol. The fraction of sp³-hybridized carbons (Fsp3) is 0.296. The molecule has 0 radical (unpaired) electrons. The molecular formula is C27H28N4O4. The lowest BCUT2D eigenvalue weighted by molar-refractivity contribution is 0.0523. The highest BCUT2D eigenvalue weighted by Gasteiger charge is 2.20. The normalized spacial score (nSPS) is 11.8. The van der Waals surface area contributed by atoms with Crippen LogP contribution in [0, 0.1) is 6.92 Å². The highest BCUT2D eigenvalue weighted by molar-refractivity contribution is 5.97. The van der Waals surface area contributed by atoms with Crippen molar-refractivity contribution in [1.29, 1.82) is 0 Å². The molecule has 0 N–H and O–H groups in total. The van der Waals surface area contributed by atoms with Crippen molar-refractivity contribution in [3.8, 4) is 0 Å². The number of hydrogen-bond acceptors (Lipinski definition) is 5. The Hall–Kier alpha value is -4.07. The molecule has 4 rings (SSSR count). The molecule has 0 aliphatic rings. The smallest absolute Gasteiger partial charge is 0.341 e. The largest absolute Gasteiger partial charge is 0.462 e. The Labute approximate surface area is 202 Å². The number of rotatable bonds is 7. The maximum absolute atomic E-state index is 13.4. The van der Waals surface area contributed by atoms with Crippen LogP contribution in [0.25, 0.3) is 16.7 Å². The van der Waals surface area contributed by atoms with Crippen molar-refractivity contribution in [1.82, 2.24) is 14.0 Å². The zero-order chi connectivity index (χ0) is 24.9. The number of unbranched alkanes of at least 4 members (excludes halogenated alkanes) is 2. The lowest BCUT2D eigenvalue weighted by Crippen LogP contribution is -2.33. The zero-order valence-electron chi connectivity index (χ0n) is 20.2. The number of hydrogen-bond donors (Lipinski definition) is 0. The zero-order valence-corrected chi connectivity index (χ0v) is 20.2. The van der Waals surface area contributed by atoms with E-state index in [0.717, 1.165) is 24.8 Å². The van der Waals surface area contributed by atoms with Crippen molar-refractivity contribution in [2.24, 2.45) is 4.99 Å². The number of benzene rings is 1. The third-order valence-corrected chi connectivity index (χ3v) is 5.74. The van der Waals surface area contributed by atoms with E-state index in [9.17, 15) is 14.4 Å². The Kier molecular flexibility index (Phi) is 7.19. The second kappa shape index (κ2) is 10.5. The van der Waals surface area contributed by atoms with E-state index in [1.54, 1.807) is 54.1 Å². The number of carbonyl (C=O) groups excluding carboxylic acids is 2. The molecule has 0 fully saturated rings. The van der Waals surface area contributed by atoms with Crippen LogP contribution in [-0.2, 0) is 11.3 Å². The number of fused-ring (bicyclic) bond motifs is 2. The Morgan fingerprint density at radius 1 is 1.06 bits per heavy atom. The monoisotopic (exact) mass is 472 g/mol. The quantitative estimate of drug-likeness (QED) is 0.230. The average molecular weight is 473 g/mol. The van der Waals surface area contributed by atoms with Gasteiger partial charge in [-0.1, -0.05) is 43.5 Å². The minimum Gasteiger partial charge on any atom is -0.462 e. The summed E-state index contributed by atoms with van der Waals surface area (Å²) in [7, 11) is 0. The van der Waals surface area contributed by atoms with Crippen LogP contribution in [0.5, 0.6) is 0 Å². The molecule has 35 heavy (non-hydrogen) atoms. The van der Waals surface area contributed by atoms with Gasteiger partial charge < -0.3 is 9.30 Å². The lowest BCUT2D eigenvalue weighted by Gasteiger charge is -2.15. The summed E-state index contributed by atoms with van der Waals surface area (Å²) in [5, 5.41) is 0.259.